The Morgan fingerprint density at radius 2 is 1.83 bits per heavy atom. The van der Waals surface area contributed by atoms with Gasteiger partial charge >= 0.3 is 11.9 Å². The first-order chi connectivity index (χ1) is 13.8. The lowest BCUT2D eigenvalue weighted by molar-refractivity contribution is 0.0565. The highest BCUT2D eigenvalue weighted by Crippen LogP contribution is 2.37. The molecule has 2 N–H and O–H groups in total. The molecule has 3 aromatic rings. The number of hydrogen-bond donors (Lipinski definition) is 1. The lowest BCUT2D eigenvalue weighted by atomic mass is 9.98. The lowest BCUT2D eigenvalue weighted by Crippen LogP contribution is -2.11. The standard InChI is InChI=1S/C20H17N3O6/c1-9-12(8-21)16(14-5-6-15(29-14)19(25)27-3)17(20(26)28-4)13-7-11(10(2)24)18(22)23(9)13/h5-7H,22H2,1-4H3. The molecule has 0 radical (unpaired) electrons. The van der Waals surface area contributed by atoms with Crippen molar-refractivity contribution in [3.63, 3.8) is 0 Å². The van der Waals surface area contributed by atoms with Crippen LogP contribution in [0.5, 0.6) is 0 Å². The van der Waals surface area contributed by atoms with Crippen molar-refractivity contribution in [2.75, 3.05) is 20.0 Å². The smallest absolute Gasteiger partial charge is 0.373 e. The molecule has 0 spiro atoms. The van der Waals surface area contributed by atoms with Crippen LogP contribution in [0.1, 0.15) is 49.5 Å². The summed E-state index contributed by atoms with van der Waals surface area (Å²) in [5.41, 5.74) is 7.20. The van der Waals surface area contributed by atoms with Gasteiger partial charge in [-0.05, 0) is 32.0 Å². The maximum atomic E-state index is 12.7. The number of pyridine rings is 1. The molecule has 29 heavy (non-hydrogen) atoms. The van der Waals surface area contributed by atoms with E-state index in [4.69, 9.17) is 14.9 Å². The number of furan rings is 1. The molecule has 0 unspecified atom stereocenters. The van der Waals surface area contributed by atoms with Crippen LogP contribution in [-0.4, -0.2) is 36.3 Å². The zero-order chi connectivity index (χ0) is 21.5. The third-order valence-electron chi connectivity index (χ3n) is 4.61. The van der Waals surface area contributed by atoms with E-state index in [0.29, 0.717) is 5.69 Å². The summed E-state index contributed by atoms with van der Waals surface area (Å²) < 4.78 is 16.5. The number of rotatable bonds is 4. The maximum absolute atomic E-state index is 12.7. The molecule has 0 saturated heterocycles. The maximum Gasteiger partial charge on any atom is 0.373 e. The number of nitriles is 1. The highest BCUT2D eigenvalue weighted by atomic mass is 16.5. The fraction of sp³-hybridized carbons (Fsp3) is 0.200. The summed E-state index contributed by atoms with van der Waals surface area (Å²) in [5, 5.41) is 9.81. The van der Waals surface area contributed by atoms with Gasteiger partial charge in [-0.1, -0.05) is 0 Å². The van der Waals surface area contributed by atoms with Gasteiger partial charge in [0.05, 0.1) is 42.0 Å². The van der Waals surface area contributed by atoms with E-state index >= 15 is 0 Å². The second kappa shape index (κ2) is 7.16. The van der Waals surface area contributed by atoms with E-state index in [9.17, 15) is 19.6 Å². The monoisotopic (exact) mass is 395 g/mol. The minimum Gasteiger partial charge on any atom is -0.465 e. The van der Waals surface area contributed by atoms with Crippen molar-refractivity contribution < 1.29 is 28.3 Å². The SMILES string of the molecule is COC(=O)c1ccc(-c2c(C#N)c(C)n3c(N)c(C(C)=O)cc3c2C(=O)OC)o1. The van der Waals surface area contributed by atoms with Crippen LogP contribution < -0.4 is 5.73 Å². The number of ether oxygens (including phenoxy) is 2. The molecule has 0 atom stereocenters. The van der Waals surface area contributed by atoms with E-state index in [0.717, 1.165) is 0 Å². The van der Waals surface area contributed by atoms with Crippen molar-refractivity contribution in [3.8, 4) is 17.4 Å². The molecule has 148 valence electrons. The van der Waals surface area contributed by atoms with Crippen LogP contribution in [0.25, 0.3) is 16.8 Å². The average molecular weight is 395 g/mol. The first-order valence-electron chi connectivity index (χ1n) is 8.42. The highest BCUT2D eigenvalue weighted by Gasteiger charge is 2.29. The number of anilines is 1. The number of methoxy groups -OCH3 is 2. The van der Waals surface area contributed by atoms with E-state index in [2.05, 4.69) is 4.74 Å². The molecular weight excluding hydrogens is 378 g/mol. The second-order valence-electron chi connectivity index (χ2n) is 6.19. The van der Waals surface area contributed by atoms with Crippen molar-refractivity contribution >= 4 is 29.1 Å². The van der Waals surface area contributed by atoms with Crippen molar-refractivity contribution in [2.45, 2.75) is 13.8 Å². The van der Waals surface area contributed by atoms with Gasteiger partial charge in [-0.25, -0.2) is 9.59 Å². The Labute approximate surface area is 165 Å². The number of aromatic nitrogens is 1. The van der Waals surface area contributed by atoms with Gasteiger partial charge in [-0.2, -0.15) is 5.26 Å². The number of carbonyl (C=O) groups is 3. The molecule has 0 aromatic carbocycles. The number of nitrogens with zero attached hydrogens (tertiary/aromatic N) is 2. The van der Waals surface area contributed by atoms with E-state index in [1.807, 2.05) is 6.07 Å². The first kappa shape index (κ1) is 19.7. The fourth-order valence-corrected chi connectivity index (χ4v) is 3.27. The Balaban J connectivity index is 2.50. The minimum atomic E-state index is -0.759. The normalized spacial score (nSPS) is 10.6. The average Bonchev–Trinajstić information content (AvgIpc) is 3.31. The number of aryl methyl sites for hydroxylation is 1. The molecule has 3 rings (SSSR count). The Morgan fingerprint density at radius 3 is 2.38 bits per heavy atom. The number of hydrogen-bond acceptors (Lipinski definition) is 8. The number of nitrogens with two attached hydrogens (primary N) is 1. The summed E-state index contributed by atoms with van der Waals surface area (Å²) in [6, 6.07) is 6.33. The molecule has 0 fully saturated rings. The van der Waals surface area contributed by atoms with Crippen LogP contribution in [0, 0.1) is 18.3 Å². The number of esters is 2. The molecule has 0 amide bonds. The predicted molar refractivity (Wildman–Crippen MR) is 102 cm³/mol. The van der Waals surface area contributed by atoms with Crippen molar-refractivity contribution in [2.24, 2.45) is 0 Å². The van der Waals surface area contributed by atoms with E-state index < -0.39 is 11.9 Å². The summed E-state index contributed by atoms with van der Waals surface area (Å²) in [4.78, 5) is 36.4. The van der Waals surface area contributed by atoms with Gasteiger partial charge in [0.1, 0.15) is 17.6 Å². The van der Waals surface area contributed by atoms with Gasteiger partial charge in [0.15, 0.2) is 5.78 Å². The van der Waals surface area contributed by atoms with Gasteiger partial charge in [-0.3, -0.25) is 9.20 Å². The minimum absolute atomic E-state index is 0.0142. The van der Waals surface area contributed by atoms with Crippen molar-refractivity contribution in [3.05, 3.63) is 46.3 Å². The quantitative estimate of drug-likeness (QED) is 0.526. The van der Waals surface area contributed by atoms with Gasteiger partial charge in [0, 0.05) is 5.69 Å². The van der Waals surface area contributed by atoms with E-state index in [-0.39, 0.29) is 50.9 Å². The van der Waals surface area contributed by atoms with Crippen molar-refractivity contribution in [1.29, 1.82) is 5.26 Å². The van der Waals surface area contributed by atoms with Crippen LogP contribution in [0.15, 0.2) is 22.6 Å². The molecule has 3 heterocycles. The topological polar surface area (TPSA) is 137 Å². The molecular formula is C20H17N3O6. The van der Waals surface area contributed by atoms with Crippen LogP contribution in [0.2, 0.25) is 0 Å². The van der Waals surface area contributed by atoms with Crippen LogP contribution in [0.3, 0.4) is 0 Å². The molecule has 9 nitrogen and oxygen atoms in total. The Hall–Kier alpha value is -4.06. The summed E-state index contributed by atoms with van der Waals surface area (Å²) >= 11 is 0. The highest BCUT2D eigenvalue weighted by molar-refractivity contribution is 6.09. The first-order valence-corrected chi connectivity index (χ1v) is 8.42. The summed E-state index contributed by atoms with van der Waals surface area (Å²) in [7, 11) is 2.39. The predicted octanol–water partition coefficient (Wildman–Crippen LogP) is 2.74. The largest absolute Gasteiger partial charge is 0.465 e. The van der Waals surface area contributed by atoms with E-state index in [1.165, 1.54) is 43.7 Å². The molecule has 3 aromatic heterocycles. The third-order valence-corrected chi connectivity index (χ3v) is 4.61. The zero-order valence-electron chi connectivity index (χ0n) is 16.2. The number of ketones is 1. The Morgan fingerprint density at radius 1 is 1.17 bits per heavy atom. The lowest BCUT2D eigenvalue weighted by Gasteiger charge is -2.15. The zero-order valence-corrected chi connectivity index (χ0v) is 16.2. The second-order valence-corrected chi connectivity index (χ2v) is 6.19. The number of fused-ring (bicyclic) bond motifs is 1. The van der Waals surface area contributed by atoms with Gasteiger partial charge in [0.2, 0.25) is 5.76 Å². The van der Waals surface area contributed by atoms with Crippen LogP contribution in [-0.2, 0) is 9.47 Å². The van der Waals surface area contributed by atoms with Gasteiger partial charge < -0.3 is 19.6 Å². The van der Waals surface area contributed by atoms with Crippen molar-refractivity contribution in [1.82, 2.24) is 4.40 Å². The Bertz CT molecular complexity index is 1230. The van der Waals surface area contributed by atoms with Crippen LogP contribution in [0.4, 0.5) is 5.82 Å². The van der Waals surface area contributed by atoms with E-state index in [1.54, 1.807) is 6.92 Å². The Kier molecular flexibility index (Phi) is 4.86. The third kappa shape index (κ3) is 2.91. The van der Waals surface area contributed by atoms with Gasteiger partial charge in [0.25, 0.3) is 0 Å². The molecule has 9 heteroatoms. The molecule has 0 bridgehead atoms. The number of nitrogen functional groups attached to an aromatic ring is 1. The number of Topliss-reactive ketones (excluding diaryl/α,β-unsaturated/α-hetero) is 1. The van der Waals surface area contributed by atoms with Gasteiger partial charge in [-0.15, -0.1) is 0 Å². The fourth-order valence-electron chi connectivity index (χ4n) is 3.27. The number of carbonyl (C=O) groups excluding carboxylic acids is 3. The molecule has 0 saturated carbocycles. The molecule has 0 aliphatic carbocycles. The summed E-state index contributed by atoms with van der Waals surface area (Å²) in [6.07, 6.45) is 0. The molecule has 0 aliphatic heterocycles. The summed E-state index contributed by atoms with van der Waals surface area (Å²) in [5.74, 6) is -1.67. The van der Waals surface area contributed by atoms with Crippen LogP contribution >= 0.6 is 0 Å². The molecule has 0 aliphatic rings. The summed E-state index contributed by atoms with van der Waals surface area (Å²) in [6.45, 7) is 2.97.